The lowest BCUT2D eigenvalue weighted by atomic mass is 10.2. The first-order valence-corrected chi connectivity index (χ1v) is 13.3. The number of carboxylic acid groups (broad SMARTS) is 1. The van der Waals surface area contributed by atoms with Crippen molar-refractivity contribution in [1.82, 2.24) is 25.1 Å². The van der Waals surface area contributed by atoms with Crippen LogP contribution in [0.4, 0.5) is 25.7 Å². The molecule has 5 aromatic rings. The SMILES string of the molecule is Cc1c(N(CC2CNCCO2)C(=O)O)sc2ncnc(Nc3ccc4c(cnn4Cc4cccc(F)c4)c3)c12.Cl. The summed E-state index contributed by atoms with van der Waals surface area (Å²) in [6.45, 7) is 4.48. The summed E-state index contributed by atoms with van der Waals surface area (Å²) in [5, 5.41) is 23.4. The van der Waals surface area contributed by atoms with Gasteiger partial charge >= 0.3 is 6.09 Å². The molecule has 1 fully saturated rings. The van der Waals surface area contributed by atoms with E-state index in [0.717, 1.165) is 39.6 Å². The third-order valence-corrected chi connectivity index (χ3v) is 7.92. The van der Waals surface area contributed by atoms with Crippen molar-refractivity contribution in [2.75, 3.05) is 36.5 Å². The number of nitrogens with one attached hydrogen (secondary N) is 2. The average molecular weight is 584 g/mol. The van der Waals surface area contributed by atoms with Crippen molar-refractivity contribution in [1.29, 1.82) is 0 Å². The second-order valence-corrected chi connectivity index (χ2v) is 10.3. The highest BCUT2D eigenvalue weighted by molar-refractivity contribution is 7.23. The van der Waals surface area contributed by atoms with E-state index >= 15 is 0 Å². The molecule has 0 saturated carbocycles. The predicted octanol–water partition coefficient (Wildman–Crippen LogP) is 5.18. The number of ether oxygens (including phenoxy) is 1. The first-order valence-electron chi connectivity index (χ1n) is 12.5. The molecule has 1 aliphatic rings. The Morgan fingerprint density at radius 1 is 1.30 bits per heavy atom. The van der Waals surface area contributed by atoms with Gasteiger partial charge in [-0.3, -0.25) is 9.58 Å². The number of anilines is 3. The fourth-order valence-electron chi connectivity index (χ4n) is 4.84. The van der Waals surface area contributed by atoms with Crippen LogP contribution in [0.15, 0.2) is 55.0 Å². The molecule has 0 bridgehead atoms. The van der Waals surface area contributed by atoms with Gasteiger partial charge < -0.3 is 20.5 Å². The molecule has 208 valence electrons. The van der Waals surface area contributed by atoms with E-state index < -0.39 is 6.09 Å². The van der Waals surface area contributed by atoms with Crippen LogP contribution in [0.3, 0.4) is 0 Å². The first kappa shape index (κ1) is 27.7. The van der Waals surface area contributed by atoms with Gasteiger partial charge in [-0.15, -0.1) is 12.4 Å². The molecule has 1 saturated heterocycles. The highest BCUT2D eigenvalue weighted by Gasteiger charge is 2.27. The van der Waals surface area contributed by atoms with E-state index in [1.54, 1.807) is 12.3 Å². The quantitative estimate of drug-likeness (QED) is 0.240. The number of aromatic nitrogens is 4. The van der Waals surface area contributed by atoms with Gasteiger partial charge in [0.15, 0.2) is 0 Å². The third-order valence-electron chi connectivity index (χ3n) is 6.69. The highest BCUT2D eigenvalue weighted by atomic mass is 35.5. The summed E-state index contributed by atoms with van der Waals surface area (Å²) in [6, 6.07) is 12.3. The zero-order chi connectivity index (χ0) is 26.9. The van der Waals surface area contributed by atoms with Crippen LogP contribution in [0.2, 0.25) is 0 Å². The number of halogens is 2. The van der Waals surface area contributed by atoms with Gasteiger partial charge in [0.1, 0.15) is 27.8 Å². The maximum Gasteiger partial charge on any atom is 0.412 e. The molecule has 13 heteroatoms. The Labute approximate surface area is 239 Å². The lowest BCUT2D eigenvalue weighted by Crippen LogP contribution is -2.46. The number of nitrogens with zero attached hydrogens (tertiary/aromatic N) is 5. The largest absolute Gasteiger partial charge is 0.465 e. The molecule has 1 amide bonds. The van der Waals surface area contributed by atoms with E-state index in [-0.39, 0.29) is 30.9 Å². The molecular formula is C27H27ClFN7O3S. The number of amides is 1. The molecule has 4 heterocycles. The summed E-state index contributed by atoms with van der Waals surface area (Å²) in [5.74, 6) is 0.316. The van der Waals surface area contributed by atoms with Crippen LogP contribution in [0.25, 0.3) is 21.1 Å². The van der Waals surface area contributed by atoms with Gasteiger partial charge in [0.05, 0.1) is 42.9 Å². The Morgan fingerprint density at radius 2 is 2.17 bits per heavy atom. The van der Waals surface area contributed by atoms with Crippen LogP contribution < -0.4 is 15.5 Å². The van der Waals surface area contributed by atoms with Gasteiger partial charge in [-0.05, 0) is 48.4 Å². The molecule has 1 aliphatic heterocycles. The fourth-order valence-corrected chi connectivity index (χ4v) is 5.99. The molecule has 3 aromatic heterocycles. The standard InChI is InChI=1S/C27H26FN7O3S.ClH/c1-16-23-24(30-15-31-25(23)39-26(16)34(27(36)37)14-21-12-29-7-8-38-21)33-20-5-6-22-18(10-20)11-32-35(22)13-17-3-2-4-19(28)9-17;/h2-6,9-11,15,21,29H,7-8,12-14H2,1H3,(H,36,37)(H,30,31,33);1H. The number of aryl methyl sites for hydroxylation is 1. The van der Waals surface area contributed by atoms with E-state index in [0.29, 0.717) is 35.3 Å². The maximum absolute atomic E-state index is 13.6. The minimum Gasteiger partial charge on any atom is -0.465 e. The van der Waals surface area contributed by atoms with Crippen LogP contribution in [0.5, 0.6) is 0 Å². The van der Waals surface area contributed by atoms with Crippen LogP contribution in [0.1, 0.15) is 11.1 Å². The molecule has 1 atom stereocenters. The summed E-state index contributed by atoms with van der Waals surface area (Å²) < 4.78 is 21.2. The normalized spacial score (nSPS) is 15.2. The molecule has 40 heavy (non-hydrogen) atoms. The predicted molar refractivity (Wildman–Crippen MR) is 156 cm³/mol. The zero-order valence-electron chi connectivity index (χ0n) is 21.5. The summed E-state index contributed by atoms with van der Waals surface area (Å²) in [6.07, 6.45) is 1.98. The van der Waals surface area contributed by atoms with Crippen molar-refractivity contribution in [2.24, 2.45) is 0 Å². The van der Waals surface area contributed by atoms with E-state index in [9.17, 15) is 14.3 Å². The van der Waals surface area contributed by atoms with Crippen molar-refractivity contribution in [3.8, 4) is 0 Å². The molecular weight excluding hydrogens is 557 g/mol. The van der Waals surface area contributed by atoms with Crippen LogP contribution in [-0.2, 0) is 11.3 Å². The molecule has 0 radical (unpaired) electrons. The monoisotopic (exact) mass is 583 g/mol. The Morgan fingerprint density at radius 3 is 2.95 bits per heavy atom. The molecule has 0 spiro atoms. The van der Waals surface area contributed by atoms with Crippen molar-refractivity contribution >= 4 is 67.5 Å². The van der Waals surface area contributed by atoms with E-state index in [1.165, 1.54) is 34.7 Å². The first-order chi connectivity index (χ1) is 19.0. The molecule has 0 aliphatic carbocycles. The van der Waals surface area contributed by atoms with Gasteiger partial charge in [-0.1, -0.05) is 23.5 Å². The minimum absolute atomic E-state index is 0. The zero-order valence-corrected chi connectivity index (χ0v) is 23.1. The Hall–Kier alpha value is -3.84. The number of carbonyl (C=O) groups is 1. The van der Waals surface area contributed by atoms with Gasteiger partial charge in [-0.25, -0.2) is 19.2 Å². The second-order valence-electron chi connectivity index (χ2n) is 9.36. The van der Waals surface area contributed by atoms with Gasteiger partial charge in [0, 0.05) is 24.2 Å². The summed E-state index contributed by atoms with van der Waals surface area (Å²) in [7, 11) is 0. The number of thiophene rings is 1. The van der Waals surface area contributed by atoms with Crippen molar-refractivity contribution in [3.05, 3.63) is 71.9 Å². The third kappa shape index (κ3) is 5.56. The topological polar surface area (TPSA) is 117 Å². The fraction of sp³-hybridized carbons (Fsp3) is 0.259. The summed E-state index contributed by atoms with van der Waals surface area (Å²) in [5.41, 5.74) is 3.34. The number of hydrogen-bond acceptors (Lipinski definition) is 8. The van der Waals surface area contributed by atoms with E-state index in [2.05, 4.69) is 25.7 Å². The van der Waals surface area contributed by atoms with Crippen molar-refractivity contribution < 1.29 is 19.0 Å². The van der Waals surface area contributed by atoms with Crippen molar-refractivity contribution in [2.45, 2.75) is 19.6 Å². The molecule has 2 aromatic carbocycles. The summed E-state index contributed by atoms with van der Waals surface area (Å²) in [4.78, 5) is 23.1. The smallest absolute Gasteiger partial charge is 0.412 e. The van der Waals surface area contributed by atoms with Gasteiger partial charge in [0.2, 0.25) is 0 Å². The number of fused-ring (bicyclic) bond motifs is 2. The lowest BCUT2D eigenvalue weighted by molar-refractivity contribution is 0.0335. The van der Waals surface area contributed by atoms with Crippen molar-refractivity contribution in [3.63, 3.8) is 0 Å². The number of rotatable bonds is 7. The second kappa shape index (κ2) is 11.7. The minimum atomic E-state index is -1.04. The van der Waals surface area contributed by atoms with Crippen LogP contribution in [0, 0.1) is 12.7 Å². The maximum atomic E-state index is 13.6. The summed E-state index contributed by atoms with van der Waals surface area (Å²) >= 11 is 1.32. The Bertz CT molecular complexity index is 1670. The lowest BCUT2D eigenvalue weighted by Gasteiger charge is -2.28. The number of hydrogen-bond donors (Lipinski definition) is 3. The number of benzene rings is 2. The van der Waals surface area contributed by atoms with E-state index in [4.69, 9.17) is 4.74 Å². The van der Waals surface area contributed by atoms with Crippen LogP contribution in [-0.4, -0.2) is 63.3 Å². The van der Waals surface area contributed by atoms with Gasteiger partial charge in [0.25, 0.3) is 0 Å². The average Bonchev–Trinajstić information content (AvgIpc) is 3.48. The molecule has 6 rings (SSSR count). The highest BCUT2D eigenvalue weighted by Crippen LogP contribution is 2.40. The molecule has 3 N–H and O–H groups in total. The van der Waals surface area contributed by atoms with Crippen LogP contribution >= 0.6 is 23.7 Å². The Kier molecular flexibility index (Phi) is 8.12. The van der Waals surface area contributed by atoms with Gasteiger partial charge in [-0.2, -0.15) is 5.10 Å². The Balaban J connectivity index is 0.00000323. The molecule has 1 unspecified atom stereocenters. The molecule has 10 nitrogen and oxygen atoms in total. The number of morpholine rings is 1. The van der Waals surface area contributed by atoms with E-state index in [1.807, 2.05) is 35.9 Å².